The highest BCUT2D eigenvalue weighted by Gasteiger charge is 2.43. The molecule has 7 nitrogen and oxygen atoms in total. The summed E-state index contributed by atoms with van der Waals surface area (Å²) in [5.41, 5.74) is 9.88. The van der Waals surface area contributed by atoms with Crippen molar-refractivity contribution in [3.8, 4) is 11.1 Å². The van der Waals surface area contributed by atoms with E-state index in [0.717, 1.165) is 41.5 Å². The molecular weight excluding hydrogens is 560 g/mol. The Balaban J connectivity index is 1.33. The lowest BCUT2D eigenvalue weighted by molar-refractivity contribution is -0.146. The molecule has 5 rings (SSSR count). The molecule has 0 bridgehead atoms. The number of carbonyl (C=O) groups is 3. The molecule has 45 heavy (non-hydrogen) atoms. The molecule has 1 aliphatic carbocycles. The quantitative estimate of drug-likeness (QED) is 0.295. The van der Waals surface area contributed by atoms with Gasteiger partial charge in [0.25, 0.3) is 0 Å². The van der Waals surface area contributed by atoms with Gasteiger partial charge in [-0.15, -0.1) is 0 Å². The smallest absolute Gasteiger partial charge is 0.246 e. The first-order valence-corrected chi connectivity index (χ1v) is 16.1. The van der Waals surface area contributed by atoms with E-state index in [1.165, 1.54) is 0 Å². The summed E-state index contributed by atoms with van der Waals surface area (Å²) >= 11 is 0. The molecule has 7 heteroatoms. The molecule has 3 aromatic rings. The summed E-state index contributed by atoms with van der Waals surface area (Å²) in [6, 6.07) is 27.7. The van der Waals surface area contributed by atoms with Crippen molar-refractivity contribution in [3.05, 3.63) is 108 Å². The van der Waals surface area contributed by atoms with E-state index in [9.17, 15) is 14.4 Å². The molecule has 3 N–H and O–H groups in total. The summed E-state index contributed by atoms with van der Waals surface area (Å²) < 4.78 is 0. The fourth-order valence-corrected chi connectivity index (χ4v) is 6.68. The fraction of sp³-hybridized carbons (Fsp3) is 0.395. The van der Waals surface area contributed by atoms with E-state index in [1.807, 2.05) is 71.6 Å². The summed E-state index contributed by atoms with van der Waals surface area (Å²) in [7, 11) is 3.39. The van der Waals surface area contributed by atoms with E-state index in [1.54, 1.807) is 25.1 Å². The number of likely N-dealkylation sites (tertiary alicyclic amines) is 1. The van der Waals surface area contributed by atoms with Crippen LogP contribution in [0.2, 0.25) is 0 Å². The predicted octanol–water partition coefficient (Wildman–Crippen LogP) is 5.15. The average Bonchev–Trinajstić information content (AvgIpc) is 3.06. The lowest BCUT2D eigenvalue weighted by Crippen LogP contribution is -2.55. The Morgan fingerprint density at radius 1 is 0.867 bits per heavy atom. The van der Waals surface area contributed by atoms with Gasteiger partial charge in [-0.3, -0.25) is 14.4 Å². The topological polar surface area (TPSA) is 95.7 Å². The Bertz CT molecular complexity index is 1470. The van der Waals surface area contributed by atoms with Gasteiger partial charge in [0.2, 0.25) is 17.7 Å². The van der Waals surface area contributed by atoms with Crippen molar-refractivity contribution in [1.29, 1.82) is 0 Å². The number of benzene rings is 3. The highest BCUT2D eigenvalue weighted by Crippen LogP contribution is 2.36. The Labute approximate surface area is 267 Å². The van der Waals surface area contributed by atoms with Gasteiger partial charge in [0.15, 0.2) is 0 Å². The zero-order valence-corrected chi connectivity index (χ0v) is 26.6. The minimum Gasteiger partial charge on any atom is -0.359 e. The molecule has 0 radical (unpaired) electrons. The first kappa shape index (κ1) is 32.2. The third-order valence-electron chi connectivity index (χ3n) is 9.85. The van der Waals surface area contributed by atoms with Crippen LogP contribution >= 0.6 is 0 Å². The van der Waals surface area contributed by atoms with E-state index in [0.29, 0.717) is 45.2 Å². The number of hydrogen-bond donors (Lipinski definition) is 2. The number of hydrogen-bond acceptors (Lipinski definition) is 4. The van der Waals surface area contributed by atoms with Crippen LogP contribution in [0.4, 0.5) is 0 Å². The molecule has 2 fully saturated rings. The Morgan fingerprint density at radius 2 is 1.47 bits per heavy atom. The second-order valence-electron chi connectivity index (χ2n) is 12.9. The molecule has 2 aliphatic rings. The molecule has 0 spiro atoms. The normalized spacial score (nSPS) is 17.7. The average molecular weight is 607 g/mol. The van der Waals surface area contributed by atoms with Gasteiger partial charge in [0.05, 0.1) is 5.41 Å². The van der Waals surface area contributed by atoms with Crippen molar-refractivity contribution in [2.45, 2.75) is 62.9 Å². The van der Waals surface area contributed by atoms with Crippen LogP contribution in [0.3, 0.4) is 0 Å². The molecule has 3 amide bonds. The minimum absolute atomic E-state index is 0.00933. The number of carbonyl (C=O) groups excluding carboxylic acids is 3. The van der Waals surface area contributed by atoms with E-state index in [4.69, 9.17) is 5.73 Å². The highest BCUT2D eigenvalue weighted by atomic mass is 16.2. The van der Waals surface area contributed by atoms with Crippen molar-refractivity contribution in [3.63, 3.8) is 0 Å². The van der Waals surface area contributed by atoms with Gasteiger partial charge < -0.3 is 20.9 Å². The van der Waals surface area contributed by atoms with Crippen molar-refractivity contribution in [2.75, 3.05) is 27.2 Å². The molecule has 1 saturated heterocycles. The lowest BCUT2D eigenvalue weighted by Gasteiger charge is -2.42. The summed E-state index contributed by atoms with van der Waals surface area (Å²) in [5, 5.41) is 2.87. The summed E-state index contributed by atoms with van der Waals surface area (Å²) in [6.07, 6.45) is 9.28. The Kier molecular flexibility index (Phi) is 10.2. The Morgan fingerprint density at radius 3 is 2.04 bits per heavy atom. The zero-order valence-electron chi connectivity index (χ0n) is 26.6. The fourth-order valence-electron chi connectivity index (χ4n) is 6.68. The maximum atomic E-state index is 14.2. The van der Waals surface area contributed by atoms with E-state index in [-0.39, 0.29) is 23.3 Å². The third kappa shape index (κ3) is 7.71. The van der Waals surface area contributed by atoms with Gasteiger partial charge in [-0.25, -0.2) is 0 Å². The first-order valence-electron chi connectivity index (χ1n) is 16.1. The predicted molar refractivity (Wildman–Crippen MR) is 179 cm³/mol. The number of nitrogens with zero attached hydrogens (tertiary/aromatic N) is 2. The molecule has 0 unspecified atom stereocenters. The largest absolute Gasteiger partial charge is 0.359 e. The first-order chi connectivity index (χ1) is 21.7. The van der Waals surface area contributed by atoms with Crippen molar-refractivity contribution < 1.29 is 14.4 Å². The molecular formula is C38H46N4O3. The number of likely N-dealkylation sites (N-methyl/N-ethyl adjacent to an activating group) is 1. The van der Waals surface area contributed by atoms with Gasteiger partial charge in [-0.1, -0.05) is 91.0 Å². The van der Waals surface area contributed by atoms with Crippen LogP contribution in [0, 0.1) is 5.41 Å². The number of amides is 3. The SMILES string of the molecule is CNC(=O)C1(Cc2ccccc2)CCN(C(=O)[C@@H](Cc2ccc(-c3ccccc3)cc2)N(C)C(=O)/C=C/CC2(N)CCC2)CC1. The summed E-state index contributed by atoms with van der Waals surface area (Å²) in [4.78, 5) is 44.2. The van der Waals surface area contributed by atoms with E-state index >= 15 is 0 Å². The zero-order chi connectivity index (χ0) is 31.9. The van der Waals surface area contributed by atoms with Gasteiger partial charge in [0, 0.05) is 39.1 Å². The number of nitrogens with two attached hydrogens (primary N) is 1. The second-order valence-corrected chi connectivity index (χ2v) is 12.9. The van der Waals surface area contributed by atoms with E-state index in [2.05, 4.69) is 29.6 Å². The maximum absolute atomic E-state index is 14.2. The van der Waals surface area contributed by atoms with Crippen molar-refractivity contribution in [1.82, 2.24) is 15.1 Å². The van der Waals surface area contributed by atoms with Crippen LogP contribution < -0.4 is 11.1 Å². The number of piperidine rings is 1. The van der Waals surface area contributed by atoms with Crippen LogP contribution in [0.15, 0.2) is 97.1 Å². The maximum Gasteiger partial charge on any atom is 0.246 e. The van der Waals surface area contributed by atoms with Gasteiger partial charge in [0.1, 0.15) is 6.04 Å². The van der Waals surface area contributed by atoms with Gasteiger partial charge >= 0.3 is 0 Å². The van der Waals surface area contributed by atoms with Crippen molar-refractivity contribution in [2.24, 2.45) is 11.1 Å². The van der Waals surface area contributed by atoms with Crippen LogP contribution in [0.25, 0.3) is 11.1 Å². The van der Waals surface area contributed by atoms with Crippen LogP contribution in [-0.4, -0.2) is 66.3 Å². The molecule has 3 aromatic carbocycles. The molecule has 0 aromatic heterocycles. The van der Waals surface area contributed by atoms with Crippen LogP contribution in [0.5, 0.6) is 0 Å². The summed E-state index contributed by atoms with van der Waals surface area (Å²) in [5.74, 6) is -0.293. The van der Waals surface area contributed by atoms with Gasteiger partial charge in [-0.2, -0.15) is 0 Å². The monoisotopic (exact) mass is 606 g/mol. The molecule has 1 heterocycles. The summed E-state index contributed by atoms with van der Waals surface area (Å²) in [6.45, 7) is 0.909. The van der Waals surface area contributed by atoms with Crippen molar-refractivity contribution >= 4 is 17.7 Å². The standard InChI is InChI=1S/C38H46N4O3/c1-40-36(45)37(28-30-11-5-3-6-12-30)23-25-42(26-24-37)35(44)33(41(2)34(43)15-9-20-38(39)21-10-22-38)27-29-16-18-32(19-17-29)31-13-7-4-8-14-31/h3-9,11-19,33H,10,20-28,39H2,1-2H3,(H,40,45)/b15-9+/t33-/m1/s1. The molecule has 1 atom stereocenters. The number of rotatable bonds is 11. The Hall–Kier alpha value is -4.23. The molecule has 236 valence electrons. The molecule has 1 saturated carbocycles. The van der Waals surface area contributed by atoms with Gasteiger partial charge in [-0.05, 0) is 73.3 Å². The van der Waals surface area contributed by atoms with E-state index < -0.39 is 11.5 Å². The lowest BCUT2D eigenvalue weighted by atomic mass is 9.73. The van der Waals surface area contributed by atoms with Crippen LogP contribution in [-0.2, 0) is 27.2 Å². The molecule has 1 aliphatic heterocycles. The second kappa shape index (κ2) is 14.2. The third-order valence-corrected chi connectivity index (χ3v) is 9.85. The number of nitrogens with one attached hydrogen (secondary N) is 1. The minimum atomic E-state index is -0.679. The van der Waals surface area contributed by atoms with Crippen LogP contribution in [0.1, 0.15) is 49.7 Å². The highest BCUT2D eigenvalue weighted by molar-refractivity contribution is 5.93.